The first-order valence-electron chi connectivity index (χ1n) is 8.37. The van der Waals surface area contributed by atoms with Crippen LogP contribution in [0.5, 0.6) is 11.5 Å². The minimum absolute atomic E-state index is 0.0922. The minimum atomic E-state index is 0.0922. The topological polar surface area (TPSA) is 65.8 Å². The summed E-state index contributed by atoms with van der Waals surface area (Å²) in [6.45, 7) is 2.92. The van der Waals surface area contributed by atoms with E-state index in [1.807, 2.05) is 35.6 Å². The monoisotopic (exact) mass is 343 g/mol. The Bertz CT molecular complexity index is 773. The van der Waals surface area contributed by atoms with Crippen molar-refractivity contribution in [3.8, 4) is 11.5 Å². The van der Waals surface area contributed by atoms with E-state index in [0.717, 1.165) is 23.6 Å². The molecule has 4 rings (SSSR count). The lowest BCUT2D eigenvalue weighted by Crippen LogP contribution is -2.36. The van der Waals surface area contributed by atoms with Gasteiger partial charge in [0.05, 0.1) is 31.6 Å². The summed E-state index contributed by atoms with van der Waals surface area (Å²) in [5, 5.41) is 0. The first-order valence-corrected chi connectivity index (χ1v) is 8.37. The Morgan fingerprint density at radius 2 is 2.20 bits per heavy atom. The van der Waals surface area contributed by atoms with Crippen LogP contribution in [-0.2, 0) is 29.0 Å². The molecule has 0 radical (unpaired) electrons. The molecule has 3 heterocycles. The second-order valence-electron chi connectivity index (χ2n) is 6.50. The van der Waals surface area contributed by atoms with Gasteiger partial charge in [-0.3, -0.25) is 4.79 Å². The summed E-state index contributed by atoms with van der Waals surface area (Å²) in [4.78, 5) is 19.0. The Balaban J connectivity index is 1.50. The van der Waals surface area contributed by atoms with Crippen LogP contribution in [0, 0.1) is 5.92 Å². The second-order valence-corrected chi connectivity index (χ2v) is 6.50. The van der Waals surface area contributed by atoms with Gasteiger partial charge in [0.1, 0.15) is 0 Å². The van der Waals surface area contributed by atoms with Crippen molar-refractivity contribution in [2.45, 2.75) is 19.5 Å². The van der Waals surface area contributed by atoms with Gasteiger partial charge in [0, 0.05) is 32.3 Å². The first-order chi connectivity index (χ1) is 12.2. The van der Waals surface area contributed by atoms with Gasteiger partial charge in [-0.05, 0) is 17.7 Å². The molecular formula is C18H21N3O4. The molecule has 132 valence electrons. The van der Waals surface area contributed by atoms with E-state index >= 15 is 0 Å². The van der Waals surface area contributed by atoms with Crippen LogP contribution in [0.3, 0.4) is 0 Å². The predicted molar refractivity (Wildman–Crippen MR) is 89.3 cm³/mol. The Labute approximate surface area is 146 Å². The predicted octanol–water partition coefficient (Wildman–Crippen LogP) is 1.46. The number of hydrogen-bond acceptors (Lipinski definition) is 5. The number of nitrogens with zero attached hydrogens (tertiary/aromatic N) is 3. The van der Waals surface area contributed by atoms with Crippen LogP contribution in [0.25, 0.3) is 0 Å². The fraction of sp³-hybridized carbons (Fsp3) is 0.444. The van der Waals surface area contributed by atoms with E-state index < -0.39 is 0 Å². The van der Waals surface area contributed by atoms with E-state index in [2.05, 4.69) is 9.55 Å². The van der Waals surface area contributed by atoms with Crippen LogP contribution in [-0.4, -0.2) is 47.4 Å². The molecule has 0 saturated carbocycles. The van der Waals surface area contributed by atoms with E-state index in [1.54, 1.807) is 7.11 Å². The summed E-state index contributed by atoms with van der Waals surface area (Å²) in [5.74, 6) is 1.78. The summed E-state index contributed by atoms with van der Waals surface area (Å²) in [6.07, 6.45) is 3.99. The third kappa shape index (κ3) is 3.32. The van der Waals surface area contributed by atoms with Crippen molar-refractivity contribution in [2.24, 2.45) is 5.92 Å². The summed E-state index contributed by atoms with van der Waals surface area (Å²) in [6, 6.07) is 5.66. The zero-order valence-electron chi connectivity index (χ0n) is 14.2. The molecular weight excluding hydrogens is 322 g/mol. The highest BCUT2D eigenvalue weighted by Crippen LogP contribution is 2.32. The second kappa shape index (κ2) is 6.76. The van der Waals surface area contributed by atoms with Gasteiger partial charge >= 0.3 is 0 Å². The van der Waals surface area contributed by atoms with Crippen LogP contribution in [0.2, 0.25) is 0 Å². The maximum Gasteiger partial charge on any atom is 0.231 e. The molecule has 0 bridgehead atoms. The van der Waals surface area contributed by atoms with Crippen molar-refractivity contribution in [2.75, 3.05) is 27.1 Å². The van der Waals surface area contributed by atoms with E-state index in [-0.39, 0.29) is 18.6 Å². The van der Waals surface area contributed by atoms with Gasteiger partial charge in [-0.25, -0.2) is 4.98 Å². The lowest BCUT2D eigenvalue weighted by atomic mass is 10.1. The van der Waals surface area contributed by atoms with Crippen molar-refractivity contribution >= 4 is 5.91 Å². The van der Waals surface area contributed by atoms with E-state index in [0.29, 0.717) is 31.9 Å². The van der Waals surface area contributed by atoms with Crippen molar-refractivity contribution in [1.82, 2.24) is 14.5 Å². The largest absolute Gasteiger partial charge is 0.454 e. The molecule has 25 heavy (non-hydrogen) atoms. The highest BCUT2D eigenvalue weighted by atomic mass is 16.7. The molecule has 1 aromatic heterocycles. The molecule has 7 nitrogen and oxygen atoms in total. The Morgan fingerprint density at radius 1 is 1.32 bits per heavy atom. The lowest BCUT2D eigenvalue weighted by Gasteiger charge is -2.24. The summed E-state index contributed by atoms with van der Waals surface area (Å²) >= 11 is 0. The molecule has 2 aromatic rings. The zero-order chi connectivity index (χ0) is 17.2. The molecule has 7 heteroatoms. The molecule has 0 N–H and O–H groups in total. The molecule has 0 spiro atoms. The Hall–Kier alpha value is -2.54. The number of hydrogen-bond donors (Lipinski definition) is 0. The third-order valence-corrected chi connectivity index (χ3v) is 4.63. The summed E-state index contributed by atoms with van der Waals surface area (Å²) in [7, 11) is 1.69. The van der Waals surface area contributed by atoms with Crippen LogP contribution in [0.15, 0.2) is 30.7 Å². The minimum Gasteiger partial charge on any atom is -0.454 e. The number of methoxy groups -OCH3 is 1. The van der Waals surface area contributed by atoms with Gasteiger partial charge < -0.3 is 23.7 Å². The average molecular weight is 343 g/mol. The van der Waals surface area contributed by atoms with Gasteiger partial charge in [0.15, 0.2) is 11.5 Å². The number of fused-ring (bicyclic) bond motifs is 2. The number of imidazole rings is 1. The van der Waals surface area contributed by atoms with Crippen LogP contribution >= 0.6 is 0 Å². The maximum atomic E-state index is 12.9. The Morgan fingerprint density at radius 3 is 3.08 bits per heavy atom. The highest BCUT2D eigenvalue weighted by molar-refractivity contribution is 5.79. The molecule has 1 aromatic carbocycles. The summed E-state index contributed by atoms with van der Waals surface area (Å²) in [5.41, 5.74) is 1.98. The van der Waals surface area contributed by atoms with E-state index in [4.69, 9.17) is 14.2 Å². The number of amides is 1. The lowest BCUT2D eigenvalue weighted by molar-refractivity contribution is -0.131. The maximum absolute atomic E-state index is 12.9. The van der Waals surface area contributed by atoms with E-state index in [1.165, 1.54) is 0 Å². The number of carbonyl (C=O) groups is 1. The van der Waals surface area contributed by atoms with Crippen molar-refractivity contribution in [3.05, 3.63) is 42.0 Å². The fourth-order valence-corrected chi connectivity index (χ4v) is 3.42. The highest BCUT2D eigenvalue weighted by Gasteiger charge is 2.25. The van der Waals surface area contributed by atoms with Gasteiger partial charge in [-0.15, -0.1) is 0 Å². The van der Waals surface area contributed by atoms with Crippen molar-refractivity contribution < 1.29 is 19.0 Å². The number of aromatic nitrogens is 2. The quantitative estimate of drug-likeness (QED) is 0.841. The third-order valence-electron chi connectivity index (χ3n) is 4.63. The van der Waals surface area contributed by atoms with Crippen LogP contribution < -0.4 is 9.47 Å². The van der Waals surface area contributed by atoms with Gasteiger partial charge in [-0.2, -0.15) is 0 Å². The summed E-state index contributed by atoms with van der Waals surface area (Å²) < 4.78 is 18.1. The molecule has 2 aliphatic rings. The van der Waals surface area contributed by atoms with Gasteiger partial charge in [0.25, 0.3) is 0 Å². The number of carbonyl (C=O) groups excluding carboxylic acids is 1. The van der Waals surface area contributed by atoms with Gasteiger partial charge in [0.2, 0.25) is 12.7 Å². The van der Waals surface area contributed by atoms with Crippen molar-refractivity contribution in [1.29, 1.82) is 0 Å². The molecule has 1 amide bonds. The normalized spacial score (nSPS) is 18.8. The number of benzene rings is 1. The average Bonchev–Trinajstić information content (AvgIpc) is 3.20. The van der Waals surface area contributed by atoms with Crippen LogP contribution in [0.4, 0.5) is 0 Å². The van der Waals surface area contributed by atoms with Gasteiger partial charge in [-0.1, -0.05) is 6.07 Å². The smallest absolute Gasteiger partial charge is 0.231 e. The Kier molecular flexibility index (Phi) is 4.31. The van der Waals surface area contributed by atoms with Crippen LogP contribution in [0.1, 0.15) is 11.3 Å². The molecule has 0 unspecified atom stereocenters. The van der Waals surface area contributed by atoms with E-state index in [9.17, 15) is 4.79 Å². The molecule has 0 fully saturated rings. The molecule has 1 atom stereocenters. The zero-order valence-corrected chi connectivity index (χ0v) is 14.2. The van der Waals surface area contributed by atoms with Crippen molar-refractivity contribution in [3.63, 3.8) is 0 Å². The number of ether oxygens (including phenoxy) is 3. The molecule has 0 aliphatic carbocycles. The number of rotatable bonds is 4. The fourth-order valence-electron chi connectivity index (χ4n) is 3.42. The SMILES string of the molecule is COC[C@H]1CN(C(=O)Cc2ccc3c(c2)OCO3)Cc2cncn2C1. The first kappa shape index (κ1) is 16.0. The molecule has 0 saturated heterocycles. The standard InChI is InChI=1S/C18H21N3O4/c1-23-10-14-7-20(9-15-6-19-11-21(15)8-14)18(22)5-13-2-3-16-17(4-13)25-12-24-16/h2-4,6,11,14H,5,7-10,12H2,1H3/t14-/m0/s1. The molecule has 2 aliphatic heterocycles.